The molecule has 1 aromatic carbocycles. The zero-order valence-corrected chi connectivity index (χ0v) is 7.15. The maximum atomic E-state index is 12.6. The van der Waals surface area contributed by atoms with Crippen molar-refractivity contribution in [2.24, 2.45) is 0 Å². The summed E-state index contributed by atoms with van der Waals surface area (Å²) in [6.45, 7) is 0.204. The van der Waals surface area contributed by atoms with E-state index in [1.54, 1.807) is 0 Å². The molecule has 0 saturated heterocycles. The van der Waals surface area contributed by atoms with E-state index in [2.05, 4.69) is 0 Å². The molecule has 1 unspecified atom stereocenters. The van der Waals surface area contributed by atoms with Gasteiger partial charge in [-0.15, -0.1) is 0 Å². The molecule has 0 heterocycles. The summed E-state index contributed by atoms with van der Waals surface area (Å²) in [4.78, 5) is 9.91. The number of hydrogen-bond donors (Lipinski definition) is 0. The van der Waals surface area contributed by atoms with Gasteiger partial charge in [-0.05, 0) is 5.56 Å². The van der Waals surface area contributed by atoms with Crippen LogP contribution in [0, 0.1) is 0 Å². The molecular formula is C10H11FO2. The fourth-order valence-electron chi connectivity index (χ4n) is 0.905. The van der Waals surface area contributed by atoms with Crippen molar-refractivity contribution in [3.05, 3.63) is 35.9 Å². The first-order valence-corrected chi connectivity index (χ1v) is 4.06. The van der Waals surface area contributed by atoms with Crippen LogP contribution in [0.3, 0.4) is 0 Å². The van der Waals surface area contributed by atoms with E-state index in [1.165, 1.54) is 0 Å². The fraction of sp³-hybridized carbons (Fsp3) is 0.300. The number of aldehydes is 1. The van der Waals surface area contributed by atoms with Crippen molar-refractivity contribution < 1.29 is 13.9 Å². The molecule has 3 heteroatoms. The first kappa shape index (κ1) is 9.86. The van der Waals surface area contributed by atoms with Crippen LogP contribution >= 0.6 is 0 Å². The SMILES string of the molecule is O=CCC(F)OCc1ccccc1. The minimum atomic E-state index is -1.49. The predicted molar refractivity (Wildman–Crippen MR) is 46.8 cm³/mol. The largest absolute Gasteiger partial charge is 0.343 e. The molecule has 0 N–H and O–H groups in total. The van der Waals surface area contributed by atoms with E-state index in [4.69, 9.17) is 4.74 Å². The van der Waals surface area contributed by atoms with Crippen molar-refractivity contribution in [3.63, 3.8) is 0 Å². The normalized spacial score (nSPS) is 12.4. The number of carbonyl (C=O) groups is 1. The smallest absolute Gasteiger partial charge is 0.205 e. The highest BCUT2D eigenvalue weighted by Gasteiger charge is 2.04. The topological polar surface area (TPSA) is 26.3 Å². The number of alkyl halides is 1. The van der Waals surface area contributed by atoms with E-state index in [0.717, 1.165) is 5.56 Å². The molecule has 70 valence electrons. The molecular weight excluding hydrogens is 171 g/mol. The summed E-state index contributed by atoms with van der Waals surface area (Å²) >= 11 is 0. The molecule has 0 saturated carbocycles. The molecule has 0 spiro atoms. The zero-order chi connectivity index (χ0) is 9.52. The fourth-order valence-corrected chi connectivity index (χ4v) is 0.905. The second-order valence-electron chi connectivity index (χ2n) is 2.61. The van der Waals surface area contributed by atoms with Crippen LogP contribution in [0.25, 0.3) is 0 Å². The second kappa shape index (κ2) is 5.43. The monoisotopic (exact) mass is 182 g/mol. The Hall–Kier alpha value is -1.22. The average molecular weight is 182 g/mol. The van der Waals surface area contributed by atoms with Crippen molar-refractivity contribution >= 4 is 6.29 Å². The van der Waals surface area contributed by atoms with Gasteiger partial charge in [-0.1, -0.05) is 30.3 Å². The van der Waals surface area contributed by atoms with E-state index >= 15 is 0 Å². The van der Waals surface area contributed by atoms with Gasteiger partial charge in [0.1, 0.15) is 6.29 Å². The molecule has 1 aromatic rings. The van der Waals surface area contributed by atoms with E-state index in [1.807, 2.05) is 30.3 Å². The Labute approximate surface area is 76.3 Å². The molecule has 0 aliphatic carbocycles. The highest BCUT2D eigenvalue weighted by Crippen LogP contribution is 2.05. The second-order valence-corrected chi connectivity index (χ2v) is 2.61. The number of carbonyl (C=O) groups excluding carboxylic acids is 1. The summed E-state index contributed by atoms with van der Waals surface area (Å²) in [6, 6.07) is 9.26. The maximum Gasteiger partial charge on any atom is 0.205 e. The quantitative estimate of drug-likeness (QED) is 0.652. The molecule has 0 bridgehead atoms. The standard InChI is InChI=1S/C10H11FO2/c11-10(6-7-12)13-8-9-4-2-1-3-5-9/h1-5,7,10H,6,8H2. The maximum absolute atomic E-state index is 12.6. The third-order valence-corrected chi connectivity index (χ3v) is 1.56. The Morgan fingerprint density at radius 3 is 2.69 bits per heavy atom. The highest BCUT2D eigenvalue weighted by molar-refractivity contribution is 5.49. The lowest BCUT2D eigenvalue weighted by molar-refractivity contribution is -0.115. The lowest BCUT2D eigenvalue weighted by atomic mass is 10.2. The number of hydrogen-bond acceptors (Lipinski definition) is 2. The van der Waals surface area contributed by atoms with Crippen molar-refractivity contribution in [3.8, 4) is 0 Å². The molecule has 0 amide bonds. The van der Waals surface area contributed by atoms with Crippen LogP contribution < -0.4 is 0 Å². The molecule has 0 radical (unpaired) electrons. The van der Waals surface area contributed by atoms with Crippen LogP contribution in [0.4, 0.5) is 4.39 Å². The number of rotatable bonds is 5. The van der Waals surface area contributed by atoms with Gasteiger partial charge in [0.2, 0.25) is 6.36 Å². The molecule has 0 aliphatic heterocycles. The summed E-state index contributed by atoms with van der Waals surface area (Å²) in [6.07, 6.45) is -1.18. The average Bonchev–Trinajstić information content (AvgIpc) is 2.17. The first-order chi connectivity index (χ1) is 6.33. The Morgan fingerprint density at radius 2 is 2.08 bits per heavy atom. The Kier molecular flexibility index (Phi) is 4.12. The number of halogens is 1. The Bertz CT molecular complexity index is 248. The Morgan fingerprint density at radius 1 is 1.38 bits per heavy atom. The van der Waals surface area contributed by atoms with Gasteiger partial charge in [-0.2, -0.15) is 0 Å². The van der Waals surface area contributed by atoms with Gasteiger partial charge in [0.25, 0.3) is 0 Å². The van der Waals surface area contributed by atoms with Crippen LogP contribution in [0.5, 0.6) is 0 Å². The third-order valence-electron chi connectivity index (χ3n) is 1.56. The van der Waals surface area contributed by atoms with Gasteiger partial charge >= 0.3 is 0 Å². The minimum Gasteiger partial charge on any atom is -0.343 e. The van der Waals surface area contributed by atoms with Crippen molar-refractivity contribution in [2.45, 2.75) is 19.4 Å². The summed E-state index contributed by atoms with van der Waals surface area (Å²) < 4.78 is 17.4. The highest BCUT2D eigenvalue weighted by atomic mass is 19.1. The summed E-state index contributed by atoms with van der Waals surface area (Å²) in [7, 11) is 0. The van der Waals surface area contributed by atoms with E-state index in [0.29, 0.717) is 6.29 Å². The predicted octanol–water partition coefficient (Wildman–Crippen LogP) is 2.09. The van der Waals surface area contributed by atoms with Gasteiger partial charge in [-0.3, -0.25) is 0 Å². The molecule has 1 rings (SSSR count). The summed E-state index contributed by atoms with van der Waals surface area (Å²) in [5.41, 5.74) is 0.899. The Balaban J connectivity index is 2.30. The summed E-state index contributed by atoms with van der Waals surface area (Å²) in [5.74, 6) is 0. The minimum absolute atomic E-state index is 0.202. The van der Waals surface area contributed by atoms with Gasteiger partial charge < -0.3 is 9.53 Å². The van der Waals surface area contributed by atoms with Gasteiger partial charge in [0.15, 0.2) is 0 Å². The lowest BCUT2D eigenvalue weighted by Gasteiger charge is -2.06. The lowest BCUT2D eigenvalue weighted by Crippen LogP contribution is -2.06. The van der Waals surface area contributed by atoms with Crippen molar-refractivity contribution in [1.29, 1.82) is 0 Å². The first-order valence-electron chi connectivity index (χ1n) is 4.06. The number of benzene rings is 1. The van der Waals surface area contributed by atoms with Crippen LogP contribution in [0.15, 0.2) is 30.3 Å². The van der Waals surface area contributed by atoms with E-state index in [9.17, 15) is 9.18 Å². The molecule has 0 fully saturated rings. The molecule has 13 heavy (non-hydrogen) atoms. The summed E-state index contributed by atoms with van der Waals surface area (Å²) in [5, 5.41) is 0. The van der Waals surface area contributed by atoms with E-state index in [-0.39, 0.29) is 13.0 Å². The van der Waals surface area contributed by atoms with E-state index < -0.39 is 6.36 Å². The zero-order valence-electron chi connectivity index (χ0n) is 7.15. The molecule has 0 aliphatic rings. The van der Waals surface area contributed by atoms with Gasteiger partial charge in [-0.25, -0.2) is 4.39 Å². The van der Waals surface area contributed by atoms with Crippen LogP contribution in [-0.2, 0) is 16.1 Å². The van der Waals surface area contributed by atoms with Crippen LogP contribution in [-0.4, -0.2) is 12.6 Å². The van der Waals surface area contributed by atoms with Crippen LogP contribution in [0.1, 0.15) is 12.0 Å². The van der Waals surface area contributed by atoms with Crippen LogP contribution in [0.2, 0.25) is 0 Å². The molecule has 0 aromatic heterocycles. The van der Waals surface area contributed by atoms with Crippen molar-refractivity contribution in [1.82, 2.24) is 0 Å². The molecule has 2 nitrogen and oxygen atoms in total. The number of ether oxygens (including phenoxy) is 1. The van der Waals surface area contributed by atoms with Gasteiger partial charge in [0, 0.05) is 0 Å². The van der Waals surface area contributed by atoms with Crippen molar-refractivity contribution in [2.75, 3.05) is 0 Å². The molecule has 1 atom stereocenters. The third kappa shape index (κ3) is 3.80. The van der Waals surface area contributed by atoms with Gasteiger partial charge in [0.05, 0.1) is 13.0 Å².